The monoisotopic (exact) mass is 310 g/mol. The minimum Gasteiger partial charge on any atom is -0.390 e. The average molecular weight is 310 g/mol. The van der Waals surface area contributed by atoms with E-state index in [-0.39, 0.29) is 17.0 Å². The van der Waals surface area contributed by atoms with Gasteiger partial charge in [0, 0.05) is 17.4 Å². The maximum absolute atomic E-state index is 12.6. The molecular weight excluding hydrogens is 288 g/mol. The number of aromatic amines is 1. The minimum atomic E-state index is -3.50. The first kappa shape index (κ1) is 13.8. The molecule has 1 aromatic heterocycles. The maximum atomic E-state index is 12.6. The molecule has 1 aromatic rings. The number of nitrogens with one attached hydrogen (secondary N) is 2. The van der Waals surface area contributed by atoms with Crippen molar-refractivity contribution in [3.63, 3.8) is 0 Å². The highest BCUT2D eigenvalue weighted by molar-refractivity contribution is 7.89. The van der Waals surface area contributed by atoms with Crippen LogP contribution in [0.1, 0.15) is 44.2 Å². The molecule has 0 saturated heterocycles. The molecular formula is C15H22N2O3S. The number of sulfonamides is 1. The zero-order valence-electron chi connectivity index (χ0n) is 12.0. The van der Waals surface area contributed by atoms with Gasteiger partial charge in [-0.1, -0.05) is 0 Å². The Morgan fingerprint density at radius 1 is 1.19 bits per heavy atom. The molecule has 0 radical (unpaired) electrons. The van der Waals surface area contributed by atoms with Crippen molar-refractivity contribution in [2.75, 3.05) is 0 Å². The first-order valence-electron chi connectivity index (χ1n) is 7.80. The third-order valence-electron chi connectivity index (χ3n) is 5.59. The van der Waals surface area contributed by atoms with E-state index in [9.17, 15) is 8.42 Å². The molecule has 3 N–H and O–H groups in total. The van der Waals surface area contributed by atoms with E-state index in [0.29, 0.717) is 23.4 Å². The fourth-order valence-corrected chi connectivity index (χ4v) is 6.69. The quantitative estimate of drug-likeness (QED) is 0.792. The molecule has 0 atom stereocenters. The van der Waals surface area contributed by atoms with Gasteiger partial charge in [0.05, 0.1) is 11.5 Å². The summed E-state index contributed by atoms with van der Waals surface area (Å²) in [6.07, 6.45) is 8.33. The van der Waals surface area contributed by atoms with Crippen molar-refractivity contribution in [3.8, 4) is 0 Å². The number of H-pyrrole nitrogens is 1. The van der Waals surface area contributed by atoms with E-state index in [1.165, 1.54) is 31.5 Å². The van der Waals surface area contributed by atoms with E-state index in [1.54, 1.807) is 0 Å². The van der Waals surface area contributed by atoms with Gasteiger partial charge >= 0.3 is 0 Å². The van der Waals surface area contributed by atoms with Crippen LogP contribution in [0.3, 0.4) is 0 Å². The zero-order valence-corrected chi connectivity index (χ0v) is 12.8. The topological polar surface area (TPSA) is 82.2 Å². The molecule has 0 aromatic carbocycles. The Bertz CT molecular complexity index is 614. The van der Waals surface area contributed by atoms with Gasteiger partial charge in [0.15, 0.2) is 0 Å². The first-order chi connectivity index (χ1) is 9.98. The van der Waals surface area contributed by atoms with Crippen molar-refractivity contribution < 1.29 is 13.5 Å². The molecule has 5 nitrogen and oxygen atoms in total. The summed E-state index contributed by atoms with van der Waals surface area (Å²) in [6.45, 7) is -0.174. The second-order valence-electron chi connectivity index (χ2n) is 7.32. The number of aliphatic hydroxyl groups is 1. The second kappa shape index (κ2) is 4.57. The van der Waals surface area contributed by atoms with Gasteiger partial charge in [0.25, 0.3) is 0 Å². The van der Waals surface area contributed by atoms with Crippen molar-refractivity contribution in [2.24, 2.45) is 17.8 Å². The smallest absolute Gasteiger partial charge is 0.242 e. The summed E-state index contributed by atoms with van der Waals surface area (Å²) in [6, 6.07) is 1.52. The van der Waals surface area contributed by atoms with Crippen LogP contribution in [-0.2, 0) is 16.6 Å². The van der Waals surface area contributed by atoms with E-state index in [1.807, 2.05) is 0 Å². The van der Waals surface area contributed by atoms with Crippen LogP contribution in [0.2, 0.25) is 0 Å². The Morgan fingerprint density at radius 3 is 2.24 bits per heavy atom. The fraction of sp³-hybridized carbons (Fsp3) is 0.733. The number of aliphatic hydroxyl groups excluding tert-OH is 1. The Morgan fingerprint density at radius 2 is 1.76 bits per heavy atom. The molecule has 0 amide bonds. The summed E-state index contributed by atoms with van der Waals surface area (Å²) in [5, 5.41) is 9.07. The SMILES string of the molecule is O=S(=O)(NC12CC3CC(CC(C3)C1)C2)c1c[nH]c(CO)c1. The Kier molecular flexibility index (Phi) is 3.00. The maximum Gasteiger partial charge on any atom is 0.242 e. The molecule has 0 aliphatic heterocycles. The van der Waals surface area contributed by atoms with Gasteiger partial charge in [-0.3, -0.25) is 0 Å². The van der Waals surface area contributed by atoms with Crippen LogP contribution in [-0.4, -0.2) is 24.0 Å². The summed E-state index contributed by atoms with van der Waals surface area (Å²) in [4.78, 5) is 3.04. The van der Waals surface area contributed by atoms with E-state index in [0.717, 1.165) is 19.3 Å². The lowest BCUT2D eigenvalue weighted by Gasteiger charge is -2.56. The molecule has 4 saturated carbocycles. The zero-order chi connectivity index (χ0) is 14.7. The van der Waals surface area contributed by atoms with Gasteiger partial charge < -0.3 is 10.1 Å². The van der Waals surface area contributed by atoms with Gasteiger partial charge in [-0.2, -0.15) is 0 Å². The van der Waals surface area contributed by atoms with Gasteiger partial charge in [-0.25, -0.2) is 13.1 Å². The van der Waals surface area contributed by atoms with Crippen LogP contribution in [0.15, 0.2) is 17.2 Å². The number of rotatable bonds is 4. The summed E-state index contributed by atoms with van der Waals surface area (Å²) >= 11 is 0. The van der Waals surface area contributed by atoms with E-state index < -0.39 is 10.0 Å². The largest absolute Gasteiger partial charge is 0.390 e. The van der Waals surface area contributed by atoms with Crippen molar-refractivity contribution in [1.29, 1.82) is 0 Å². The van der Waals surface area contributed by atoms with Crippen molar-refractivity contribution in [1.82, 2.24) is 9.71 Å². The molecule has 0 spiro atoms. The van der Waals surface area contributed by atoms with E-state index >= 15 is 0 Å². The molecule has 21 heavy (non-hydrogen) atoms. The van der Waals surface area contributed by atoms with Gasteiger partial charge in [0.1, 0.15) is 0 Å². The van der Waals surface area contributed by atoms with Crippen LogP contribution in [0, 0.1) is 17.8 Å². The molecule has 116 valence electrons. The van der Waals surface area contributed by atoms with Gasteiger partial charge in [-0.05, 0) is 62.3 Å². The lowest BCUT2D eigenvalue weighted by Crippen LogP contribution is -2.59. The Balaban J connectivity index is 1.60. The third-order valence-corrected chi connectivity index (χ3v) is 7.14. The molecule has 4 aliphatic carbocycles. The highest BCUT2D eigenvalue weighted by Crippen LogP contribution is 2.55. The van der Waals surface area contributed by atoms with Crippen molar-refractivity contribution in [2.45, 2.75) is 55.6 Å². The number of hydrogen-bond acceptors (Lipinski definition) is 3. The van der Waals surface area contributed by atoms with Crippen LogP contribution in [0.5, 0.6) is 0 Å². The molecule has 0 unspecified atom stereocenters. The molecule has 4 bridgehead atoms. The highest BCUT2D eigenvalue weighted by Gasteiger charge is 2.52. The lowest BCUT2D eigenvalue weighted by molar-refractivity contribution is -0.00810. The number of hydrogen-bond donors (Lipinski definition) is 3. The normalized spacial score (nSPS) is 38.0. The predicted molar refractivity (Wildman–Crippen MR) is 77.9 cm³/mol. The van der Waals surface area contributed by atoms with Gasteiger partial charge in [-0.15, -0.1) is 0 Å². The summed E-state index contributed by atoms with van der Waals surface area (Å²) in [5.74, 6) is 2.12. The van der Waals surface area contributed by atoms with Crippen LogP contribution < -0.4 is 4.72 Å². The second-order valence-corrected chi connectivity index (χ2v) is 9.00. The minimum absolute atomic E-state index is 0.174. The summed E-state index contributed by atoms with van der Waals surface area (Å²) in [7, 11) is -3.50. The highest BCUT2D eigenvalue weighted by atomic mass is 32.2. The molecule has 4 fully saturated rings. The lowest BCUT2D eigenvalue weighted by atomic mass is 9.53. The van der Waals surface area contributed by atoms with Crippen molar-refractivity contribution in [3.05, 3.63) is 18.0 Å². The van der Waals surface area contributed by atoms with E-state index in [2.05, 4.69) is 9.71 Å². The van der Waals surface area contributed by atoms with Gasteiger partial charge in [0.2, 0.25) is 10.0 Å². The molecule has 6 heteroatoms. The summed E-state index contributed by atoms with van der Waals surface area (Å²) in [5.41, 5.74) is 0.311. The Hall–Kier alpha value is -0.850. The predicted octanol–water partition coefficient (Wildman–Crippen LogP) is 1.75. The van der Waals surface area contributed by atoms with Crippen LogP contribution >= 0.6 is 0 Å². The third kappa shape index (κ3) is 2.33. The fourth-order valence-electron chi connectivity index (χ4n) is 5.24. The molecule has 5 rings (SSSR count). The van der Waals surface area contributed by atoms with Crippen LogP contribution in [0.4, 0.5) is 0 Å². The molecule has 1 heterocycles. The molecule has 4 aliphatic rings. The average Bonchev–Trinajstić information content (AvgIpc) is 2.85. The van der Waals surface area contributed by atoms with E-state index in [4.69, 9.17) is 5.11 Å². The van der Waals surface area contributed by atoms with Crippen molar-refractivity contribution >= 4 is 10.0 Å². The standard InChI is InChI=1S/C15H22N2O3S/c18-9-13-4-14(8-16-13)21(19,20)17-15-5-10-1-11(6-15)3-12(2-10)7-15/h4,8,10-12,16-18H,1-3,5-7,9H2. The van der Waals surface area contributed by atoms with Crippen LogP contribution in [0.25, 0.3) is 0 Å². The number of aromatic nitrogens is 1. The summed E-state index contributed by atoms with van der Waals surface area (Å²) < 4.78 is 28.3. The first-order valence-corrected chi connectivity index (χ1v) is 9.28. The Labute approximate surface area is 125 Å².